The van der Waals surface area contributed by atoms with Crippen LogP contribution in [0.2, 0.25) is 0 Å². The van der Waals surface area contributed by atoms with Gasteiger partial charge >= 0.3 is 0 Å². The molecule has 1 aliphatic rings. The molecule has 0 aromatic carbocycles. The monoisotopic (exact) mass is 236 g/mol. The highest BCUT2D eigenvalue weighted by atomic mass is 16.6. The summed E-state index contributed by atoms with van der Waals surface area (Å²) in [7, 11) is 0. The van der Waals surface area contributed by atoms with Crippen molar-refractivity contribution in [2.75, 3.05) is 11.9 Å². The van der Waals surface area contributed by atoms with Crippen LogP contribution in [0, 0.1) is 10.1 Å². The summed E-state index contributed by atoms with van der Waals surface area (Å²) in [5.74, 6) is 0.534. The average molecular weight is 236 g/mol. The summed E-state index contributed by atoms with van der Waals surface area (Å²) in [6.45, 7) is 0.525. The quantitative estimate of drug-likeness (QED) is 0.612. The van der Waals surface area contributed by atoms with Gasteiger partial charge in [0, 0.05) is 18.8 Å². The first-order valence-electron chi connectivity index (χ1n) is 5.74. The van der Waals surface area contributed by atoms with E-state index in [-0.39, 0.29) is 11.2 Å². The molecule has 1 saturated carbocycles. The molecule has 1 aliphatic carbocycles. The van der Waals surface area contributed by atoms with E-state index in [0.717, 1.165) is 25.7 Å². The Hall–Kier alpha value is -1.69. The Morgan fingerprint density at radius 1 is 1.53 bits per heavy atom. The lowest BCUT2D eigenvalue weighted by Crippen LogP contribution is -2.43. The first-order chi connectivity index (χ1) is 8.15. The molecule has 3 N–H and O–H groups in total. The maximum Gasteiger partial charge on any atom is 0.274 e. The second-order valence-electron chi connectivity index (χ2n) is 4.47. The van der Waals surface area contributed by atoms with E-state index in [2.05, 4.69) is 10.3 Å². The average Bonchev–Trinajstić information content (AvgIpc) is 2.78. The fraction of sp³-hybridized carbons (Fsp3) is 0.545. The van der Waals surface area contributed by atoms with Crippen molar-refractivity contribution in [3.05, 3.63) is 28.4 Å². The predicted molar refractivity (Wildman–Crippen MR) is 64.8 cm³/mol. The Morgan fingerprint density at radius 3 is 2.82 bits per heavy atom. The van der Waals surface area contributed by atoms with Gasteiger partial charge in [-0.15, -0.1) is 0 Å². The number of aromatic nitrogens is 1. The van der Waals surface area contributed by atoms with Crippen molar-refractivity contribution in [2.24, 2.45) is 5.73 Å². The minimum atomic E-state index is -0.420. The van der Waals surface area contributed by atoms with Gasteiger partial charge in [-0.3, -0.25) is 10.1 Å². The third-order valence-electron chi connectivity index (χ3n) is 3.30. The van der Waals surface area contributed by atoms with Gasteiger partial charge in [-0.05, 0) is 12.8 Å². The molecule has 17 heavy (non-hydrogen) atoms. The summed E-state index contributed by atoms with van der Waals surface area (Å²) in [4.78, 5) is 14.4. The van der Waals surface area contributed by atoms with Gasteiger partial charge in [0.1, 0.15) is 5.82 Å². The number of hydrogen-bond acceptors (Lipinski definition) is 5. The molecule has 1 fully saturated rings. The third-order valence-corrected chi connectivity index (χ3v) is 3.30. The van der Waals surface area contributed by atoms with E-state index in [1.54, 1.807) is 0 Å². The zero-order valence-corrected chi connectivity index (χ0v) is 9.56. The normalized spacial score (nSPS) is 17.9. The number of rotatable bonds is 4. The summed E-state index contributed by atoms with van der Waals surface area (Å²) in [6, 6.07) is 2.84. The highest BCUT2D eigenvalue weighted by Crippen LogP contribution is 2.32. The van der Waals surface area contributed by atoms with Crippen molar-refractivity contribution in [3.63, 3.8) is 0 Å². The summed E-state index contributed by atoms with van der Waals surface area (Å²) in [5, 5.41) is 13.9. The number of nitrogens with two attached hydrogens (primary N) is 1. The number of nitrogens with one attached hydrogen (secondary N) is 1. The van der Waals surface area contributed by atoms with Crippen molar-refractivity contribution in [1.82, 2.24) is 4.98 Å². The van der Waals surface area contributed by atoms with Crippen molar-refractivity contribution in [2.45, 2.75) is 31.2 Å². The third kappa shape index (κ3) is 2.52. The van der Waals surface area contributed by atoms with Crippen LogP contribution in [0.3, 0.4) is 0 Å². The van der Waals surface area contributed by atoms with Gasteiger partial charge in [-0.2, -0.15) is 0 Å². The minimum Gasteiger partial charge on any atom is -0.363 e. The van der Waals surface area contributed by atoms with Crippen LogP contribution in [0.15, 0.2) is 18.3 Å². The number of nitrogens with zero attached hydrogens (tertiary/aromatic N) is 2. The van der Waals surface area contributed by atoms with E-state index in [4.69, 9.17) is 5.73 Å². The minimum absolute atomic E-state index is 0.0488. The Bertz CT molecular complexity index is 416. The van der Waals surface area contributed by atoms with Crippen LogP contribution in [0.25, 0.3) is 0 Å². The maximum atomic E-state index is 10.7. The first-order valence-corrected chi connectivity index (χ1v) is 5.74. The molecule has 0 amide bonds. The Balaban J connectivity index is 2.17. The van der Waals surface area contributed by atoms with Gasteiger partial charge in [0.2, 0.25) is 0 Å². The largest absolute Gasteiger partial charge is 0.363 e. The molecule has 0 spiro atoms. The summed E-state index contributed by atoms with van der Waals surface area (Å²) in [6.07, 6.45) is 5.71. The van der Waals surface area contributed by atoms with Crippen molar-refractivity contribution < 1.29 is 4.92 Å². The van der Waals surface area contributed by atoms with Crippen LogP contribution in [-0.2, 0) is 0 Å². The molecule has 0 radical (unpaired) electrons. The van der Waals surface area contributed by atoms with Crippen molar-refractivity contribution in [1.29, 1.82) is 0 Å². The molecule has 1 heterocycles. The zero-order valence-electron chi connectivity index (χ0n) is 9.56. The fourth-order valence-electron chi connectivity index (χ4n) is 2.30. The molecule has 0 saturated heterocycles. The summed E-state index contributed by atoms with van der Waals surface area (Å²) >= 11 is 0. The second kappa shape index (κ2) is 4.67. The highest BCUT2D eigenvalue weighted by Gasteiger charge is 2.32. The van der Waals surface area contributed by atoms with E-state index in [1.165, 1.54) is 18.3 Å². The zero-order chi connectivity index (χ0) is 12.3. The lowest BCUT2D eigenvalue weighted by Gasteiger charge is -2.29. The van der Waals surface area contributed by atoms with Crippen LogP contribution >= 0.6 is 0 Å². The SMILES string of the molecule is NCC1(Nc2cc([N+](=O)[O-])ccn2)CCCC1. The lowest BCUT2D eigenvalue weighted by atomic mass is 9.98. The topological polar surface area (TPSA) is 94.1 Å². The molecule has 0 bridgehead atoms. The Morgan fingerprint density at radius 2 is 2.24 bits per heavy atom. The predicted octanol–water partition coefficient (Wildman–Crippen LogP) is 1.67. The van der Waals surface area contributed by atoms with Crippen LogP contribution in [0.4, 0.5) is 11.5 Å². The molecule has 0 unspecified atom stereocenters. The number of pyridine rings is 1. The van der Waals surface area contributed by atoms with Crippen LogP contribution in [0.1, 0.15) is 25.7 Å². The second-order valence-corrected chi connectivity index (χ2v) is 4.47. The fourth-order valence-corrected chi connectivity index (χ4v) is 2.30. The van der Waals surface area contributed by atoms with Crippen molar-refractivity contribution >= 4 is 11.5 Å². The summed E-state index contributed by atoms with van der Waals surface area (Å²) in [5.41, 5.74) is 5.70. The van der Waals surface area contributed by atoms with E-state index >= 15 is 0 Å². The number of hydrogen-bond donors (Lipinski definition) is 2. The smallest absolute Gasteiger partial charge is 0.274 e. The number of anilines is 1. The van der Waals surface area contributed by atoms with Gasteiger partial charge in [-0.25, -0.2) is 4.98 Å². The Kier molecular flexibility index (Phi) is 3.23. The molecule has 2 rings (SSSR count). The molecular weight excluding hydrogens is 220 g/mol. The van der Waals surface area contributed by atoms with Gasteiger partial charge < -0.3 is 11.1 Å². The van der Waals surface area contributed by atoms with Gasteiger partial charge in [0.05, 0.1) is 16.5 Å². The van der Waals surface area contributed by atoms with Gasteiger partial charge in [0.15, 0.2) is 0 Å². The molecule has 0 atom stereocenters. The van der Waals surface area contributed by atoms with Crippen LogP contribution < -0.4 is 11.1 Å². The first kappa shape index (κ1) is 11.8. The van der Waals surface area contributed by atoms with E-state index in [9.17, 15) is 10.1 Å². The number of nitro groups is 1. The van der Waals surface area contributed by atoms with E-state index < -0.39 is 4.92 Å². The van der Waals surface area contributed by atoms with Crippen LogP contribution in [0.5, 0.6) is 0 Å². The molecular formula is C11H16N4O2. The molecule has 6 nitrogen and oxygen atoms in total. The maximum absolute atomic E-state index is 10.7. The van der Waals surface area contributed by atoms with E-state index in [0.29, 0.717) is 12.4 Å². The molecule has 1 aromatic heterocycles. The van der Waals surface area contributed by atoms with Crippen LogP contribution in [-0.4, -0.2) is 22.0 Å². The standard InChI is InChI=1S/C11H16N4O2/c12-8-11(4-1-2-5-11)14-10-7-9(15(16)17)3-6-13-10/h3,6-7H,1-2,4-5,8,12H2,(H,13,14). The molecule has 0 aliphatic heterocycles. The lowest BCUT2D eigenvalue weighted by molar-refractivity contribution is -0.384. The molecule has 6 heteroatoms. The molecule has 1 aromatic rings. The van der Waals surface area contributed by atoms with E-state index in [1.807, 2.05) is 0 Å². The van der Waals surface area contributed by atoms with Gasteiger partial charge in [0.25, 0.3) is 5.69 Å². The summed E-state index contributed by atoms with van der Waals surface area (Å²) < 4.78 is 0. The molecule has 92 valence electrons. The van der Waals surface area contributed by atoms with Crippen molar-refractivity contribution in [3.8, 4) is 0 Å². The highest BCUT2D eigenvalue weighted by molar-refractivity contribution is 5.46. The van der Waals surface area contributed by atoms with Gasteiger partial charge in [-0.1, -0.05) is 12.8 Å². The Labute approximate surface area is 99.4 Å².